The number of carboxylic acid groups (broad SMARTS) is 1. The molecule has 13 nitrogen and oxygen atoms in total. The van der Waals surface area contributed by atoms with E-state index >= 15 is 0 Å². The summed E-state index contributed by atoms with van der Waals surface area (Å²) in [7, 11) is 0. The predicted molar refractivity (Wildman–Crippen MR) is 107 cm³/mol. The number of hydrogen-bond donors (Lipinski definition) is 6. The molecule has 1 aliphatic rings. The van der Waals surface area contributed by atoms with Crippen LogP contribution in [0.4, 0.5) is 4.79 Å². The molecule has 1 saturated heterocycles. The third-order valence-electron chi connectivity index (χ3n) is 4.79. The molecule has 0 bridgehead atoms. The van der Waals surface area contributed by atoms with Gasteiger partial charge in [0.05, 0.1) is 12.6 Å². The van der Waals surface area contributed by atoms with E-state index in [0.717, 1.165) is 0 Å². The second kappa shape index (κ2) is 13.2. The van der Waals surface area contributed by atoms with E-state index in [2.05, 4.69) is 16.0 Å². The Morgan fingerprint density at radius 2 is 1.87 bits per heavy atom. The van der Waals surface area contributed by atoms with Gasteiger partial charge in [-0.2, -0.15) is 0 Å². The van der Waals surface area contributed by atoms with Crippen LogP contribution in [0.2, 0.25) is 0 Å². The largest absolute Gasteiger partial charge is 0.481 e. The molecule has 0 aromatic carbocycles. The molecule has 0 aliphatic carbocycles. The summed E-state index contributed by atoms with van der Waals surface area (Å²) in [5, 5.41) is 16.1. The second-order valence-corrected chi connectivity index (χ2v) is 7.13. The molecule has 0 aromatic rings. The van der Waals surface area contributed by atoms with Gasteiger partial charge in [-0.1, -0.05) is 0 Å². The number of nitrogens with two attached hydrogens (primary N) is 2. The van der Waals surface area contributed by atoms with Crippen LogP contribution in [0.25, 0.3) is 0 Å². The molecule has 8 N–H and O–H groups in total. The highest BCUT2D eigenvalue weighted by Gasteiger charge is 2.37. The van der Waals surface area contributed by atoms with Crippen molar-refractivity contribution in [2.45, 2.75) is 56.7 Å². The highest BCUT2D eigenvalue weighted by molar-refractivity contribution is 5.93. The van der Waals surface area contributed by atoms with Crippen molar-refractivity contribution in [2.24, 2.45) is 11.5 Å². The Labute approximate surface area is 179 Å². The van der Waals surface area contributed by atoms with Crippen LogP contribution < -0.4 is 27.4 Å². The summed E-state index contributed by atoms with van der Waals surface area (Å²) in [6.07, 6.45) is 1.60. The third-order valence-corrected chi connectivity index (χ3v) is 4.79. The highest BCUT2D eigenvalue weighted by Crippen LogP contribution is 2.19. The van der Waals surface area contributed by atoms with Crippen LogP contribution in [0, 0.1) is 0 Å². The van der Waals surface area contributed by atoms with E-state index in [0.29, 0.717) is 32.1 Å². The quantitative estimate of drug-likeness (QED) is 0.131. The fourth-order valence-corrected chi connectivity index (χ4v) is 3.24. The molecular formula is C18H30N6O7. The molecule has 174 valence electrons. The van der Waals surface area contributed by atoms with Crippen molar-refractivity contribution in [1.82, 2.24) is 20.9 Å². The fourth-order valence-electron chi connectivity index (χ4n) is 3.24. The first-order chi connectivity index (χ1) is 14.7. The second-order valence-electron chi connectivity index (χ2n) is 7.13. The lowest BCUT2D eigenvalue weighted by molar-refractivity contribution is -0.141. The molecule has 31 heavy (non-hydrogen) atoms. The molecule has 13 heteroatoms. The number of amides is 5. The van der Waals surface area contributed by atoms with E-state index < -0.39 is 47.8 Å². The molecule has 0 spiro atoms. The molecule has 1 fully saturated rings. The van der Waals surface area contributed by atoms with Gasteiger partial charge in [-0.3, -0.25) is 19.2 Å². The summed E-state index contributed by atoms with van der Waals surface area (Å²) < 4.78 is 0. The Hall–Kier alpha value is -3.22. The lowest BCUT2D eigenvalue weighted by Crippen LogP contribution is -2.55. The molecule has 1 rings (SSSR count). The van der Waals surface area contributed by atoms with Crippen molar-refractivity contribution in [3.8, 4) is 0 Å². The van der Waals surface area contributed by atoms with Gasteiger partial charge >= 0.3 is 12.0 Å². The number of carbonyl (C=O) groups is 6. The lowest BCUT2D eigenvalue weighted by Gasteiger charge is -2.28. The number of aldehydes is 1. The minimum atomic E-state index is -1.08. The van der Waals surface area contributed by atoms with Crippen LogP contribution in [0.15, 0.2) is 0 Å². The number of aliphatic carboxylic acids is 1. The molecule has 5 amide bonds. The first kappa shape index (κ1) is 25.8. The normalized spacial score (nSPS) is 17.3. The number of hydrogen-bond acceptors (Lipinski definition) is 7. The summed E-state index contributed by atoms with van der Waals surface area (Å²) in [5.41, 5.74) is 10.8. The molecular weight excluding hydrogens is 412 g/mol. The topological polar surface area (TPSA) is 214 Å². The monoisotopic (exact) mass is 442 g/mol. The van der Waals surface area contributed by atoms with Crippen LogP contribution in [0.5, 0.6) is 0 Å². The number of nitrogens with zero attached hydrogens (tertiary/aromatic N) is 1. The maximum atomic E-state index is 12.8. The van der Waals surface area contributed by atoms with Gasteiger partial charge in [0, 0.05) is 19.5 Å². The molecule has 0 unspecified atom stereocenters. The van der Waals surface area contributed by atoms with Crippen molar-refractivity contribution < 1.29 is 33.9 Å². The molecule has 3 atom stereocenters. The van der Waals surface area contributed by atoms with Crippen molar-refractivity contribution in [2.75, 3.05) is 19.6 Å². The summed E-state index contributed by atoms with van der Waals surface area (Å²) in [4.78, 5) is 70.9. The van der Waals surface area contributed by atoms with Crippen molar-refractivity contribution >= 4 is 36.0 Å². The maximum absolute atomic E-state index is 12.8. The Kier molecular flexibility index (Phi) is 11.0. The third kappa shape index (κ3) is 8.99. The number of urea groups is 1. The van der Waals surface area contributed by atoms with Gasteiger partial charge in [-0.05, 0) is 32.1 Å². The minimum Gasteiger partial charge on any atom is -0.481 e. The van der Waals surface area contributed by atoms with Crippen molar-refractivity contribution in [1.29, 1.82) is 0 Å². The first-order valence-corrected chi connectivity index (χ1v) is 10.00. The van der Waals surface area contributed by atoms with Gasteiger partial charge in [0.2, 0.25) is 17.7 Å². The van der Waals surface area contributed by atoms with Crippen molar-refractivity contribution in [3.63, 3.8) is 0 Å². The van der Waals surface area contributed by atoms with Crippen LogP contribution in [0.1, 0.15) is 38.5 Å². The average Bonchev–Trinajstić information content (AvgIpc) is 3.21. The Morgan fingerprint density at radius 1 is 1.16 bits per heavy atom. The van der Waals surface area contributed by atoms with Gasteiger partial charge in [-0.25, -0.2) is 4.79 Å². The van der Waals surface area contributed by atoms with Gasteiger partial charge in [0.15, 0.2) is 0 Å². The molecule has 1 aliphatic heterocycles. The number of rotatable bonds is 13. The standard InChI is InChI=1S/C18H30N6O7/c19-11(5-6-14(26)27)17(30)24-9-2-4-13(24)16(29)23-12(15(28)21-8-10-25)3-1-7-22-18(20)31/h10-13H,1-9,19H2,(H,21,28)(H,23,29)(H,26,27)(H3,20,22,31)/t11-,12-,13-/m0/s1. The lowest BCUT2D eigenvalue weighted by atomic mass is 10.1. The van der Waals surface area contributed by atoms with Crippen LogP contribution in [0.3, 0.4) is 0 Å². The number of carbonyl (C=O) groups excluding carboxylic acids is 5. The molecule has 0 radical (unpaired) electrons. The first-order valence-electron chi connectivity index (χ1n) is 10.00. The van der Waals surface area contributed by atoms with E-state index in [1.165, 1.54) is 4.90 Å². The zero-order valence-electron chi connectivity index (χ0n) is 17.2. The van der Waals surface area contributed by atoms with Crippen molar-refractivity contribution in [3.05, 3.63) is 0 Å². The zero-order chi connectivity index (χ0) is 23.4. The van der Waals surface area contributed by atoms with Crippen LogP contribution in [-0.2, 0) is 24.0 Å². The smallest absolute Gasteiger partial charge is 0.312 e. The van der Waals surface area contributed by atoms with Gasteiger partial charge in [-0.15, -0.1) is 0 Å². The Balaban J connectivity index is 2.75. The van der Waals surface area contributed by atoms with Gasteiger partial charge in [0.1, 0.15) is 18.4 Å². The summed E-state index contributed by atoms with van der Waals surface area (Å²) in [6.45, 7) is 0.259. The van der Waals surface area contributed by atoms with E-state index in [1.807, 2.05) is 0 Å². The zero-order valence-corrected chi connectivity index (χ0v) is 17.2. The summed E-state index contributed by atoms with van der Waals surface area (Å²) in [5.74, 6) is -2.72. The molecule has 0 saturated carbocycles. The number of primary amides is 1. The highest BCUT2D eigenvalue weighted by atomic mass is 16.4. The van der Waals surface area contributed by atoms with E-state index in [-0.39, 0.29) is 32.4 Å². The number of nitrogens with one attached hydrogen (secondary N) is 3. The fraction of sp³-hybridized carbons (Fsp3) is 0.667. The Bertz CT molecular complexity index is 686. The van der Waals surface area contributed by atoms with Crippen LogP contribution in [-0.4, -0.2) is 83.8 Å². The minimum absolute atomic E-state index is 0.0530. The molecule has 1 heterocycles. The number of likely N-dealkylation sites (tertiary alicyclic amines) is 1. The van der Waals surface area contributed by atoms with E-state index in [1.54, 1.807) is 0 Å². The molecule has 0 aromatic heterocycles. The maximum Gasteiger partial charge on any atom is 0.312 e. The van der Waals surface area contributed by atoms with E-state index in [4.69, 9.17) is 16.6 Å². The number of carboxylic acids is 1. The van der Waals surface area contributed by atoms with E-state index in [9.17, 15) is 28.8 Å². The predicted octanol–water partition coefficient (Wildman–Crippen LogP) is -2.58. The SMILES string of the molecule is NC(=O)NCCC[C@H](NC(=O)[C@@H]1CCCN1C(=O)[C@@H](N)CCC(=O)O)C(=O)NCC=O. The van der Waals surface area contributed by atoms with Crippen LogP contribution >= 0.6 is 0 Å². The average molecular weight is 442 g/mol. The Morgan fingerprint density at radius 3 is 2.48 bits per heavy atom. The van der Waals surface area contributed by atoms with Gasteiger partial charge < -0.3 is 42.2 Å². The summed E-state index contributed by atoms with van der Waals surface area (Å²) >= 11 is 0. The van der Waals surface area contributed by atoms with Gasteiger partial charge in [0.25, 0.3) is 0 Å². The summed E-state index contributed by atoms with van der Waals surface area (Å²) in [6, 6.07) is -3.59.